The third-order valence-electron chi connectivity index (χ3n) is 5.10. The van der Waals surface area contributed by atoms with Crippen molar-refractivity contribution < 1.29 is 14.3 Å². The van der Waals surface area contributed by atoms with Gasteiger partial charge in [0, 0.05) is 35.5 Å². The van der Waals surface area contributed by atoms with Gasteiger partial charge in [-0.1, -0.05) is 30.3 Å². The number of anilines is 1. The highest BCUT2D eigenvalue weighted by Gasteiger charge is 2.23. The van der Waals surface area contributed by atoms with Gasteiger partial charge in [0.25, 0.3) is 5.91 Å². The second-order valence-electron chi connectivity index (χ2n) is 7.25. The fraction of sp³-hybridized carbons (Fsp3) is 0.391. The molecule has 1 aliphatic rings. The van der Waals surface area contributed by atoms with E-state index >= 15 is 0 Å². The first kappa shape index (κ1) is 23.5. The lowest BCUT2D eigenvalue weighted by atomic mass is 9.98. The van der Waals surface area contributed by atoms with Crippen LogP contribution in [0.5, 0.6) is 0 Å². The van der Waals surface area contributed by atoms with Crippen molar-refractivity contribution in [3.63, 3.8) is 0 Å². The Hall–Kier alpha value is -2.16. The highest BCUT2D eigenvalue weighted by atomic mass is 32.2. The van der Waals surface area contributed by atoms with Crippen LogP contribution < -0.4 is 16.0 Å². The first-order chi connectivity index (χ1) is 15.1. The number of hydrogen-bond acceptors (Lipinski definition) is 7. The number of esters is 1. The van der Waals surface area contributed by atoms with Gasteiger partial charge in [0.15, 0.2) is 0 Å². The maximum absolute atomic E-state index is 13.2. The van der Waals surface area contributed by atoms with Crippen molar-refractivity contribution in [2.24, 2.45) is 0 Å². The molecule has 0 saturated carbocycles. The van der Waals surface area contributed by atoms with Gasteiger partial charge in [-0.15, -0.1) is 11.8 Å². The molecule has 1 fully saturated rings. The fourth-order valence-corrected chi connectivity index (χ4v) is 4.84. The highest BCUT2D eigenvalue weighted by molar-refractivity contribution is 7.99. The summed E-state index contributed by atoms with van der Waals surface area (Å²) in [4.78, 5) is 25.3. The molecule has 0 aromatic heterocycles. The van der Waals surface area contributed by atoms with E-state index in [0.29, 0.717) is 18.0 Å². The second kappa shape index (κ2) is 12.0. The van der Waals surface area contributed by atoms with Crippen LogP contribution in [0, 0.1) is 0 Å². The van der Waals surface area contributed by atoms with Crippen LogP contribution in [0.15, 0.2) is 48.5 Å². The average Bonchev–Trinajstić information content (AvgIpc) is 3.34. The molecule has 1 amide bonds. The molecular formula is C23H29N3O3S2. The molecule has 31 heavy (non-hydrogen) atoms. The molecule has 8 heteroatoms. The number of methoxy groups -OCH3 is 1. The molecule has 3 N–H and O–H groups in total. The van der Waals surface area contributed by atoms with Gasteiger partial charge in [0.1, 0.15) is 6.04 Å². The number of hydrogen-bond donors (Lipinski definition) is 3. The van der Waals surface area contributed by atoms with E-state index in [1.165, 1.54) is 7.11 Å². The molecular weight excluding hydrogens is 430 g/mol. The summed E-state index contributed by atoms with van der Waals surface area (Å²) in [5, 5.41) is 9.79. The lowest BCUT2D eigenvalue weighted by Crippen LogP contribution is -2.42. The van der Waals surface area contributed by atoms with E-state index in [4.69, 9.17) is 4.74 Å². The van der Waals surface area contributed by atoms with E-state index in [-0.39, 0.29) is 5.91 Å². The van der Waals surface area contributed by atoms with E-state index in [1.807, 2.05) is 66.5 Å². The summed E-state index contributed by atoms with van der Waals surface area (Å²) in [6.45, 7) is 0.825. The SMILES string of the molecule is COC(=O)[C@H](CCSC)NC(=O)c1ccc(NC[C@@H]2CSCN2)cc1-c1ccccc1. The maximum atomic E-state index is 13.2. The summed E-state index contributed by atoms with van der Waals surface area (Å²) in [6, 6.07) is 15.3. The summed E-state index contributed by atoms with van der Waals surface area (Å²) < 4.78 is 4.88. The number of carbonyl (C=O) groups excluding carboxylic acids is 2. The minimum absolute atomic E-state index is 0.282. The molecule has 0 aliphatic carbocycles. The van der Waals surface area contributed by atoms with Crippen molar-refractivity contribution in [1.29, 1.82) is 0 Å². The highest BCUT2D eigenvalue weighted by Crippen LogP contribution is 2.27. The molecule has 3 rings (SSSR count). The van der Waals surface area contributed by atoms with Crippen LogP contribution in [-0.4, -0.2) is 61.3 Å². The molecule has 0 bridgehead atoms. The van der Waals surface area contributed by atoms with Gasteiger partial charge < -0.3 is 20.7 Å². The van der Waals surface area contributed by atoms with Crippen LogP contribution in [0.3, 0.4) is 0 Å². The normalized spacial score (nSPS) is 16.5. The summed E-state index contributed by atoms with van der Waals surface area (Å²) in [7, 11) is 1.34. The number of ether oxygens (including phenoxy) is 1. The quantitative estimate of drug-likeness (QED) is 0.470. The summed E-state index contributed by atoms with van der Waals surface area (Å²) >= 11 is 3.52. The van der Waals surface area contributed by atoms with Crippen LogP contribution in [0.25, 0.3) is 11.1 Å². The van der Waals surface area contributed by atoms with Gasteiger partial charge in [-0.3, -0.25) is 4.79 Å². The van der Waals surface area contributed by atoms with Crippen molar-refractivity contribution in [3.8, 4) is 11.1 Å². The molecule has 0 unspecified atom stereocenters. The molecule has 1 heterocycles. The average molecular weight is 460 g/mol. The lowest BCUT2D eigenvalue weighted by Gasteiger charge is -2.19. The third kappa shape index (κ3) is 6.66. The Kier molecular flexibility index (Phi) is 9.12. The van der Waals surface area contributed by atoms with E-state index in [0.717, 1.165) is 40.7 Å². The third-order valence-corrected chi connectivity index (χ3v) is 6.75. The smallest absolute Gasteiger partial charge is 0.328 e. The molecule has 0 radical (unpaired) electrons. The minimum atomic E-state index is -0.669. The van der Waals surface area contributed by atoms with Crippen molar-refractivity contribution >= 4 is 41.1 Å². The number of carbonyl (C=O) groups is 2. The van der Waals surface area contributed by atoms with Crippen molar-refractivity contribution in [2.45, 2.75) is 18.5 Å². The molecule has 6 nitrogen and oxygen atoms in total. The van der Waals surface area contributed by atoms with Crippen LogP contribution in [0.1, 0.15) is 16.8 Å². The molecule has 2 atom stereocenters. The number of amides is 1. The second-order valence-corrected chi connectivity index (χ2v) is 9.27. The first-order valence-electron chi connectivity index (χ1n) is 10.2. The summed E-state index contributed by atoms with van der Waals surface area (Å²) in [5.74, 6) is 2.12. The molecule has 2 aromatic rings. The zero-order chi connectivity index (χ0) is 22.1. The van der Waals surface area contributed by atoms with E-state index < -0.39 is 12.0 Å². The van der Waals surface area contributed by atoms with Crippen molar-refractivity contribution in [2.75, 3.05) is 42.6 Å². The van der Waals surface area contributed by atoms with Gasteiger partial charge in [0.2, 0.25) is 0 Å². The topological polar surface area (TPSA) is 79.5 Å². The number of rotatable bonds is 10. The number of nitrogens with one attached hydrogen (secondary N) is 3. The predicted octanol–water partition coefficient (Wildman–Crippen LogP) is 3.45. The molecule has 1 saturated heterocycles. The van der Waals surface area contributed by atoms with Gasteiger partial charge >= 0.3 is 5.97 Å². The van der Waals surface area contributed by atoms with E-state index in [9.17, 15) is 9.59 Å². The molecule has 1 aliphatic heterocycles. The zero-order valence-electron chi connectivity index (χ0n) is 17.9. The number of thioether (sulfide) groups is 2. The van der Waals surface area contributed by atoms with Crippen molar-refractivity contribution in [1.82, 2.24) is 10.6 Å². The Morgan fingerprint density at radius 2 is 2.06 bits per heavy atom. The predicted molar refractivity (Wildman–Crippen MR) is 131 cm³/mol. The summed E-state index contributed by atoms with van der Waals surface area (Å²) in [5.41, 5.74) is 3.26. The maximum Gasteiger partial charge on any atom is 0.328 e. The standard InChI is InChI=1S/C23H29N3O3S2/c1-29-23(28)21(10-11-30-2)26-22(27)19-9-8-17(24-13-18-14-31-15-25-18)12-20(19)16-6-4-3-5-7-16/h3-9,12,18,21,24-25H,10-11,13-15H2,1-2H3,(H,26,27)/t18-,21+/m1/s1. The molecule has 0 spiro atoms. The Balaban J connectivity index is 1.83. The van der Waals surface area contributed by atoms with Gasteiger partial charge in [0.05, 0.1) is 7.11 Å². The van der Waals surface area contributed by atoms with Crippen LogP contribution in [-0.2, 0) is 9.53 Å². The molecule has 2 aromatic carbocycles. The van der Waals surface area contributed by atoms with E-state index in [1.54, 1.807) is 11.8 Å². The molecule has 166 valence electrons. The Morgan fingerprint density at radius 3 is 2.74 bits per heavy atom. The van der Waals surface area contributed by atoms with Gasteiger partial charge in [-0.25, -0.2) is 4.79 Å². The van der Waals surface area contributed by atoms with Crippen LogP contribution >= 0.6 is 23.5 Å². The first-order valence-corrected chi connectivity index (χ1v) is 12.8. The van der Waals surface area contributed by atoms with Gasteiger partial charge in [-0.05, 0) is 47.8 Å². The monoisotopic (exact) mass is 459 g/mol. The minimum Gasteiger partial charge on any atom is -0.467 e. The Bertz CT molecular complexity index is 874. The summed E-state index contributed by atoms with van der Waals surface area (Å²) in [6.07, 6.45) is 2.49. The fourth-order valence-electron chi connectivity index (χ4n) is 3.38. The van der Waals surface area contributed by atoms with Gasteiger partial charge in [-0.2, -0.15) is 11.8 Å². The Labute approximate surface area is 192 Å². The van der Waals surface area contributed by atoms with Crippen LogP contribution in [0.2, 0.25) is 0 Å². The van der Waals surface area contributed by atoms with E-state index in [2.05, 4.69) is 16.0 Å². The number of benzene rings is 2. The largest absolute Gasteiger partial charge is 0.467 e. The van der Waals surface area contributed by atoms with Crippen molar-refractivity contribution in [3.05, 3.63) is 54.1 Å². The van der Waals surface area contributed by atoms with Crippen LogP contribution in [0.4, 0.5) is 5.69 Å². The lowest BCUT2D eigenvalue weighted by molar-refractivity contribution is -0.142. The zero-order valence-corrected chi connectivity index (χ0v) is 19.5. The Morgan fingerprint density at radius 1 is 1.26 bits per heavy atom.